The van der Waals surface area contributed by atoms with Gasteiger partial charge in [-0.1, -0.05) is 23.1 Å². The van der Waals surface area contributed by atoms with Crippen LogP contribution in [0.4, 0.5) is 5.88 Å². The van der Waals surface area contributed by atoms with Crippen molar-refractivity contribution in [2.75, 3.05) is 11.3 Å². The Morgan fingerprint density at radius 3 is 2.71 bits per heavy atom. The molecular weight excluding hydrogens is 290 g/mol. The highest BCUT2D eigenvalue weighted by Gasteiger charge is 2.19. The summed E-state index contributed by atoms with van der Waals surface area (Å²) in [6.45, 7) is 3.71. The molecular formula is C14H15N3O3S. The Hall–Kier alpha value is -2.30. The lowest BCUT2D eigenvalue weighted by Gasteiger charge is -2.08. The average Bonchev–Trinajstić information content (AvgIpc) is 2.80. The third-order valence-corrected chi connectivity index (χ3v) is 4.02. The summed E-state index contributed by atoms with van der Waals surface area (Å²) in [5, 5.41) is 3.63. The Morgan fingerprint density at radius 2 is 2.10 bits per heavy atom. The van der Waals surface area contributed by atoms with Crippen molar-refractivity contribution in [3.63, 3.8) is 0 Å². The maximum absolute atomic E-state index is 12.4. The molecule has 0 spiro atoms. The van der Waals surface area contributed by atoms with Crippen molar-refractivity contribution in [2.24, 2.45) is 5.73 Å². The van der Waals surface area contributed by atoms with Gasteiger partial charge in [-0.2, -0.15) is 0 Å². The molecule has 0 aliphatic heterocycles. The summed E-state index contributed by atoms with van der Waals surface area (Å²) < 4.78 is 32.0. The Balaban J connectivity index is 2.44. The summed E-state index contributed by atoms with van der Waals surface area (Å²) in [5.41, 5.74) is 7.22. The predicted octanol–water partition coefficient (Wildman–Crippen LogP) is 1.40. The van der Waals surface area contributed by atoms with Gasteiger partial charge in [-0.15, -0.1) is 0 Å². The van der Waals surface area contributed by atoms with Crippen LogP contribution in [0.25, 0.3) is 0 Å². The molecule has 2 aromatic rings. The fourth-order valence-electron chi connectivity index (χ4n) is 1.72. The van der Waals surface area contributed by atoms with Crippen LogP contribution in [0.2, 0.25) is 0 Å². The van der Waals surface area contributed by atoms with Gasteiger partial charge in [-0.3, -0.25) is 0 Å². The lowest BCUT2D eigenvalue weighted by molar-refractivity contribution is 0.430. The minimum Gasteiger partial charge on any atom is -0.338 e. The van der Waals surface area contributed by atoms with Crippen molar-refractivity contribution in [2.45, 2.75) is 18.7 Å². The van der Waals surface area contributed by atoms with Crippen molar-refractivity contribution in [3.05, 3.63) is 41.1 Å². The average molecular weight is 305 g/mol. The van der Waals surface area contributed by atoms with Gasteiger partial charge >= 0.3 is 0 Å². The summed E-state index contributed by atoms with van der Waals surface area (Å²) in [6.07, 6.45) is 0. The van der Waals surface area contributed by atoms with E-state index in [9.17, 15) is 8.42 Å². The molecule has 0 amide bonds. The Morgan fingerprint density at radius 1 is 1.33 bits per heavy atom. The molecule has 2 rings (SSSR count). The summed E-state index contributed by atoms with van der Waals surface area (Å²) in [4.78, 5) is 0.0723. The fourth-order valence-corrected chi connectivity index (χ4v) is 2.84. The van der Waals surface area contributed by atoms with Gasteiger partial charge in [0, 0.05) is 11.6 Å². The molecule has 6 nitrogen and oxygen atoms in total. The molecule has 0 bridgehead atoms. The SMILES string of the molecule is Cc1ccc(S(=O)(=O)Nc2cc(C)no2)c(C#CCN)c1. The minimum atomic E-state index is -3.80. The number of nitrogens with two attached hydrogens (primary N) is 1. The van der Waals surface area contributed by atoms with Crippen molar-refractivity contribution in [1.82, 2.24) is 5.16 Å². The zero-order chi connectivity index (χ0) is 15.5. The molecule has 1 aromatic heterocycles. The zero-order valence-electron chi connectivity index (χ0n) is 11.7. The van der Waals surface area contributed by atoms with E-state index < -0.39 is 10.0 Å². The van der Waals surface area contributed by atoms with Gasteiger partial charge in [-0.05, 0) is 31.5 Å². The number of benzene rings is 1. The van der Waals surface area contributed by atoms with Gasteiger partial charge in [0.05, 0.1) is 12.2 Å². The van der Waals surface area contributed by atoms with E-state index in [4.69, 9.17) is 10.3 Å². The van der Waals surface area contributed by atoms with E-state index in [0.717, 1.165) is 5.56 Å². The van der Waals surface area contributed by atoms with Gasteiger partial charge in [0.15, 0.2) is 0 Å². The van der Waals surface area contributed by atoms with Crippen molar-refractivity contribution in [3.8, 4) is 11.8 Å². The first-order chi connectivity index (χ1) is 9.92. The van der Waals surface area contributed by atoms with Crippen molar-refractivity contribution < 1.29 is 12.9 Å². The number of anilines is 1. The fraction of sp³-hybridized carbons (Fsp3) is 0.214. The summed E-state index contributed by atoms with van der Waals surface area (Å²) in [5.74, 6) is 5.49. The molecule has 0 aliphatic rings. The second kappa shape index (κ2) is 5.99. The first-order valence-electron chi connectivity index (χ1n) is 6.18. The molecule has 1 heterocycles. The third kappa shape index (κ3) is 3.62. The molecule has 0 atom stereocenters. The molecule has 0 saturated carbocycles. The quantitative estimate of drug-likeness (QED) is 0.835. The van der Waals surface area contributed by atoms with Crippen LogP contribution in [0.15, 0.2) is 33.7 Å². The Kier molecular flexibility index (Phi) is 4.31. The van der Waals surface area contributed by atoms with Gasteiger partial charge < -0.3 is 10.3 Å². The normalized spacial score (nSPS) is 10.8. The maximum atomic E-state index is 12.4. The molecule has 7 heteroatoms. The highest BCUT2D eigenvalue weighted by atomic mass is 32.2. The molecule has 0 radical (unpaired) electrons. The van der Waals surface area contributed by atoms with Crippen LogP contribution in [0.1, 0.15) is 16.8 Å². The molecule has 3 N–H and O–H groups in total. The summed E-state index contributed by atoms with van der Waals surface area (Å²) in [7, 11) is -3.80. The smallest absolute Gasteiger partial charge is 0.265 e. The van der Waals surface area contributed by atoms with E-state index in [1.165, 1.54) is 12.1 Å². The second-order valence-corrected chi connectivity index (χ2v) is 6.09. The highest BCUT2D eigenvalue weighted by Crippen LogP contribution is 2.20. The summed E-state index contributed by atoms with van der Waals surface area (Å²) in [6, 6.07) is 6.40. The van der Waals surface area contributed by atoms with Crippen LogP contribution in [-0.4, -0.2) is 20.1 Å². The van der Waals surface area contributed by atoms with Crippen LogP contribution in [0.3, 0.4) is 0 Å². The first kappa shape index (κ1) is 15.1. The van der Waals surface area contributed by atoms with Crippen LogP contribution in [0, 0.1) is 25.7 Å². The number of nitrogens with zero attached hydrogens (tertiary/aromatic N) is 1. The number of aromatic nitrogens is 1. The van der Waals surface area contributed by atoms with E-state index in [1.807, 2.05) is 6.92 Å². The minimum absolute atomic E-state index is 0.0609. The van der Waals surface area contributed by atoms with Gasteiger partial charge in [0.1, 0.15) is 4.90 Å². The molecule has 0 saturated heterocycles. The number of hydrogen-bond acceptors (Lipinski definition) is 5. The second-order valence-electron chi connectivity index (χ2n) is 4.44. The lowest BCUT2D eigenvalue weighted by atomic mass is 10.1. The highest BCUT2D eigenvalue weighted by molar-refractivity contribution is 7.92. The van der Waals surface area contributed by atoms with Crippen LogP contribution in [0.5, 0.6) is 0 Å². The largest absolute Gasteiger partial charge is 0.338 e. The standard InChI is InChI=1S/C14H15N3O3S/c1-10-5-6-13(12(8-10)4-3-7-15)21(18,19)17-14-9-11(2)16-20-14/h5-6,8-9,17H,7,15H2,1-2H3. The van der Waals surface area contributed by atoms with Gasteiger partial charge in [-0.25, -0.2) is 13.1 Å². The number of hydrogen-bond donors (Lipinski definition) is 2. The van der Waals surface area contributed by atoms with Crippen LogP contribution < -0.4 is 10.5 Å². The van der Waals surface area contributed by atoms with Crippen molar-refractivity contribution >= 4 is 15.9 Å². The maximum Gasteiger partial charge on any atom is 0.265 e. The third-order valence-electron chi connectivity index (χ3n) is 2.61. The Bertz CT molecular complexity index is 813. The van der Waals surface area contributed by atoms with E-state index in [-0.39, 0.29) is 17.3 Å². The monoisotopic (exact) mass is 305 g/mol. The van der Waals surface area contributed by atoms with Crippen LogP contribution in [-0.2, 0) is 10.0 Å². The van der Waals surface area contributed by atoms with Gasteiger partial charge in [0.25, 0.3) is 10.0 Å². The number of sulfonamides is 1. The van der Waals surface area contributed by atoms with Crippen molar-refractivity contribution in [1.29, 1.82) is 0 Å². The molecule has 0 fully saturated rings. The first-order valence-corrected chi connectivity index (χ1v) is 7.66. The lowest BCUT2D eigenvalue weighted by Crippen LogP contribution is -2.14. The topological polar surface area (TPSA) is 98.2 Å². The van der Waals surface area contributed by atoms with E-state index in [2.05, 4.69) is 21.7 Å². The molecule has 21 heavy (non-hydrogen) atoms. The number of nitrogens with one attached hydrogen (secondary N) is 1. The Labute approximate surface area is 123 Å². The zero-order valence-corrected chi connectivity index (χ0v) is 12.5. The molecule has 110 valence electrons. The number of rotatable bonds is 3. The van der Waals surface area contributed by atoms with E-state index >= 15 is 0 Å². The molecule has 1 aromatic carbocycles. The van der Waals surface area contributed by atoms with E-state index in [1.54, 1.807) is 19.1 Å². The van der Waals surface area contributed by atoms with E-state index in [0.29, 0.717) is 11.3 Å². The molecule has 0 aliphatic carbocycles. The summed E-state index contributed by atoms with van der Waals surface area (Å²) >= 11 is 0. The van der Waals surface area contributed by atoms with Gasteiger partial charge in [0.2, 0.25) is 5.88 Å². The van der Waals surface area contributed by atoms with Crippen LogP contribution >= 0.6 is 0 Å². The number of aryl methyl sites for hydroxylation is 2. The predicted molar refractivity (Wildman–Crippen MR) is 79.2 cm³/mol. The molecule has 0 unspecified atom stereocenters.